The maximum atomic E-state index is 12.5. The van der Waals surface area contributed by atoms with Crippen molar-refractivity contribution in [2.75, 3.05) is 13.1 Å². The van der Waals surface area contributed by atoms with Crippen LogP contribution in [0.15, 0.2) is 0 Å². The third-order valence-electron chi connectivity index (χ3n) is 5.02. The zero-order chi connectivity index (χ0) is 12.9. The van der Waals surface area contributed by atoms with Crippen LogP contribution in [0.1, 0.15) is 26.2 Å². The second kappa shape index (κ2) is 4.23. The van der Waals surface area contributed by atoms with Crippen LogP contribution in [-0.4, -0.2) is 47.1 Å². The summed E-state index contributed by atoms with van der Waals surface area (Å²) in [5.41, 5.74) is 0. The van der Waals surface area contributed by atoms with Crippen molar-refractivity contribution in [3.05, 3.63) is 0 Å². The average molecular weight is 252 g/mol. The minimum Gasteiger partial charge on any atom is -0.481 e. The van der Waals surface area contributed by atoms with E-state index in [0.29, 0.717) is 12.3 Å². The Balaban J connectivity index is 1.72. The SMILES string of the molecule is CC(C(=O)N1C2CCC1C(C(=O)O)C2)C1CNC1. The van der Waals surface area contributed by atoms with E-state index in [1.807, 2.05) is 11.8 Å². The molecule has 100 valence electrons. The summed E-state index contributed by atoms with van der Waals surface area (Å²) in [6.07, 6.45) is 2.50. The standard InChI is InChI=1S/C13H20N2O3/c1-7(8-5-14-6-8)12(16)15-9-2-3-11(15)10(4-9)13(17)18/h7-11,14H,2-6H2,1H3,(H,17,18). The number of nitrogens with one attached hydrogen (secondary N) is 1. The van der Waals surface area contributed by atoms with Gasteiger partial charge in [-0.25, -0.2) is 0 Å². The molecular weight excluding hydrogens is 232 g/mol. The molecule has 3 saturated heterocycles. The molecular formula is C13H20N2O3. The first-order valence-corrected chi connectivity index (χ1v) is 6.85. The number of fused-ring (bicyclic) bond motifs is 2. The summed E-state index contributed by atoms with van der Waals surface area (Å²) in [5, 5.41) is 12.4. The summed E-state index contributed by atoms with van der Waals surface area (Å²) in [4.78, 5) is 25.6. The van der Waals surface area contributed by atoms with Gasteiger partial charge in [-0.2, -0.15) is 0 Å². The number of nitrogens with zero attached hydrogens (tertiary/aromatic N) is 1. The Hall–Kier alpha value is -1.10. The van der Waals surface area contributed by atoms with Gasteiger partial charge >= 0.3 is 5.97 Å². The topological polar surface area (TPSA) is 69.6 Å². The Kier molecular flexibility index (Phi) is 2.81. The molecule has 0 radical (unpaired) electrons. The van der Waals surface area contributed by atoms with Crippen LogP contribution in [0.4, 0.5) is 0 Å². The normalized spacial score (nSPS) is 36.5. The highest BCUT2D eigenvalue weighted by atomic mass is 16.4. The lowest BCUT2D eigenvalue weighted by Crippen LogP contribution is -2.51. The van der Waals surface area contributed by atoms with E-state index < -0.39 is 5.97 Å². The molecule has 0 saturated carbocycles. The number of rotatable bonds is 3. The minimum absolute atomic E-state index is 0.0295. The summed E-state index contributed by atoms with van der Waals surface area (Å²) in [5.74, 6) is -0.433. The van der Waals surface area contributed by atoms with Crippen molar-refractivity contribution < 1.29 is 14.7 Å². The first kappa shape index (κ1) is 12.0. The Morgan fingerprint density at radius 1 is 1.33 bits per heavy atom. The van der Waals surface area contributed by atoms with Crippen molar-refractivity contribution in [1.29, 1.82) is 0 Å². The van der Waals surface area contributed by atoms with Gasteiger partial charge in [0.25, 0.3) is 0 Å². The van der Waals surface area contributed by atoms with Crippen molar-refractivity contribution in [3.8, 4) is 0 Å². The summed E-state index contributed by atoms with van der Waals surface area (Å²) in [6.45, 7) is 3.82. The second-order valence-corrected chi connectivity index (χ2v) is 5.93. The fourth-order valence-corrected chi connectivity index (χ4v) is 3.70. The highest BCUT2D eigenvalue weighted by Crippen LogP contribution is 2.43. The molecule has 4 unspecified atom stereocenters. The van der Waals surface area contributed by atoms with Gasteiger partial charge in [-0.15, -0.1) is 0 Å². The number of carboxylic acid groups (broad SMARTS) is 1. The number of hydrogen-bond donors (Lipinski definition) is 2. The Labute approximate surface area is 107 Å². The molecule has 3 heterocycles. The van der Waals surface area contributed by atoms with Crippen LogP contribution in [0.5, 0.6) is 0 Å². The monoisotopic (exact) mass is 252 g/mol. The summed E-state index contributed by atoms with van der Waals surface area (Å²) < 4.78 is 0. The van der Waals surface area contributed by atoms with Crippen molar-refractivity contribution in [3.63, 3.8) is 0 Å². The number of carbonyl (C=O) groups is 2. The van der Waals surface area contributed by atoms with Crippen molar-refractivity contribution in [2.24, 2.45) is 17.8 Å². The van der Waals surface area contributed by atoms with Crippen LogP contribution < -0.4 is 5.32 Å². The van der Waals surface area contributed by atoms with Crippen LogP contribution in [0.2, 0.25) is 0 Å². The lowest BCUT2D eigenvalue weighted by atomic mass is 9.87. The van der Waals surface area contributed by atoms with Crippen LogP contribution in [-0.2, 0) is 9.59 Å². The van der Waals surface area contributed by atoms with Gasteiger partial charge in [-0.3, -0.25) is 9.59 Å². The van der Waals surface area contributed by atoms with Gasteiger partial charge in [0.2, 0.25) is 5.91 Å². The first-order chi connectivity index (χ1) is 8.59. The summed E-state index contributed by atoms with van der Waals surface area (Å²) >= 11 is 0. The maximum Gasteiger partial charge on any atom is 0.308 e. The third-order valence-corrected chi connectivity index (χ3v) is 5.02. The Morgan fingerprint density at radius 3 is 2.56 bits per heavy atom. The highest BCUT2D eigenvalue weighted by Gasteiger charge is 2.52. The van der Waals surface area contributed by atoms with Gasteiger partial charge in [0.15, 0.2) is 0 Å². The molecule has 0 spiro atoms. The van der Waals surface area contributed by atoms with E-state index in [1.54, 1.807) is 0 Å². The van der Waals surface area contributed by atoms with E-state index in [1.165, 1.54) is 0 Å². The fourth-order valence-electron chi connectivity index (χ4n) is 3.70. The zero-order valence-electron chi connectivity index (χ0n) is 10.6. The van der Waals surface area contributed by atoms with Crippen molar-refractivity contribution in [1.82, 2.24) is 10.2 Å². The quantitative estimate of drug-likeness (QED) is 0.758. The molecule has 5 heteroatoms. The molecule has 0 aromatic rings. The van der Waals surface area contributed by atoms with Gasteiger partial charge in [-0.05, 0) is 38.3 Å². The highest BCUT2D eigenvalue weighted by molar-refractivity contribution is 5.82. The van der Waals surface area contributed by atoms with E-state index in [-0.39, 0.29) is 29.8 Å². The average Bonchev–Trinajstić information content (AvgIpc) is 2.82. The molecule has 3 aliphatic heterocycles. The molecule has 2 N–H and O–H groups in total. The number of hydrogen-bond acceptors (Lipinski definition) is 3. The van der Waals surface area contributed by atoms with Crippen LogP contribution >= 0.6 is 0 Å². The van der Waals surface area contributed by atoms with Gasteiger partial charge in [-0.1, -0.05) is 6.92 Å². The number of amides is 1. The molecule has 5 nitrogen and oxygen atoms in total. The summed E-state index contributed by atoms with van der Waals surface area (Å²) in [6, 6.07) is 0.134. The van der Waals surface area contributed by atoms with E-state index in [9.17, 15) is 14.7 Å². The van der Waals surface area contributed by atoms with Crippen LogP contribution in [0.3, 0.4) is 0 Å². The van der Waals surface area contributed by atoms with Gasteiger partial charge < -0.3 is 15.3 Å². The molecule has 4 atom stereocenters. The van der Waals surface area contributed by atoms with E-state index in [2.05, 4.69) is 5.32 Å². The molecule has 1 amide bonds. The fraction of sp³-hybridized carbons (Fsp3) is 0.846. The van der Waals surface area contributed by atoms with E-state index in [4.69, 9.17) is 0 Å². The number of carbonyl (C=O) groups excluding carboxylic acids is 1. The lowest BCUT2D eigenvalue weighted by Gasteiger charge is -2.35. The molecule has 18 heavy (non-hydrogen) atoms. The van der Waals surface area contributed by atoms with E-state index >= 15 is 0 Å². The van der Waals surface area contributed by atoms with Gasteiger partial charge in [0.1, 0.15) is 0 Å². The lowest BCUT2D eigenvalue weighted by molar-refractivity contribution is -0.144. The molecule has 3 rings (SSSR count). The molecule has 2 bridgehead atoms. The molecule has 0 aromatic carbocycles. The minimum atomic E-state index is -0.738. The molecule has 3 fully saturated rings. The Bertz CT molecular complexity index is 380. The predicted molar refractivity (Wildman–Crippen MR) is 64.9 cm³/mol. The summed E-state index contributed by atoms with van der Waals surface area (Å²) in [7, 11) is 0. The largest absolute Gasteiger partial charge is 0.481 e. The number of aliphatic carboxylic acids is 1. The van der Waals surface area contributed by atoms with Crippen molar-refractivity contribution >= 4 is 11.9 Å². The van der Waals surface area contributed by atoms with Gasteiger partial charge in [0.05, 0.1) is 5.92 Å². The predicted octanol–water partition coefficient (Wildman–Crippen LogP) is 0.306. The van der Waals surface area contributed by atoms with Crippen LogP contribution in [0, 0.1) is 17.8 Å². The van der Waals surface area contributed by atoms with Gasteiger partial charge in [0, 0.05) is 18.0 Å². The zero-order valence-corrected chi connectivity index (χ0v) is 10.6. The molecule has 3 aliphatic rings. The van der Waals surface area contributed by atoms with E-state index in [0.717, 1.165) is 25.9 Å². The smallest absolute Gasteiger partial charge is 0.308 e. The Morgan fingerprint density at radius 2 is 2.06 bits per heavy atom. The maximum absolute atomic E-state index is 12.5. The first-order valence-electron chi connectivity index (χ1n) is 6.85. The van der Waals surface area contributed by atoms with Crippen LogP contribution in [0.25, 0.3) is 0 Å². The third kappa shape index (κ3) is 1.64. The molecule has 0 aliphatic carbocycles. The molecule has 0 aromatic heterocycles. The van der Waals surface area contributed by atoms with Crippen molar-refractivity contribution in [2.45, 2.75) is 38.3 Å². The number of carboxylic acids is 1. The second-order valence-electron chi connectivity index (χ2n) is 5.93.